The van der Waals surface area contributed by atoms with Gasteiger partial charge in [-0.25, -0.2) is 0 Å². The van der Waals surface area contributed by atoms with E-state index in [4.69, 9.17) is 14.6 Å². The van der Waals surface area contributed by atoms with Crippen molar-refractivity contribution < 1.29 is 34.7 Å². The van der Waals surface area contributed by atoms with Crippen LogP contribution in [0.5, 0.6) is 0 Å². The molecule has 1 aliphatic rings. The second-order valence-corrected chi connectivity index (χ2v) is 5.39. The minimum Gasteiger partial charge on any atom is -0.394 e. The van der Waals surface area contributed by atoms with E-state index in [2.05, 4.69) is 5.32 Å². The molecule has 23 heavy (non-hydrogen) atoms. The summed E-state index contributed by atoms with van der Waals surface area (Å²) in [7, 11) is 0. The van der Waals surface area contributed by atoms with Gasteiger partial charge >= 0.3 is 0 Å². The molecular formula is C15H21NO7. The Labute approximate surface area is 133 Å². The van der Waals surface area contributed by atoms with Crippen LogP contribution in [0.3, 0.4) is 0 Å². The highest BCUT2D eigenvalue weighted by atomic mass is 16.7. The van der Waals surface area contributed by atoms with Gasteiger partial charge in [-0.2, -0.15) is 0 Å². The predicted octanol–water partition coefficient (Wildman–Crippen LogP) is -1.04. The van der Waals surface area contributed by atoms with Crippen molar-refractivity contribution in [2.75, 3.05) is 11.9 Å². The number of benzene rings is 1. The lowest BCUT2D eigenvalue weighted by Crippen LogP contribution is -2.59. The van der Waals surface area contributed by atoms with Gasteiger partial charge in [0.05, 0.1) is 13.2 Å². The quantitative estimate of drug-likeness (QED) is 0.467. The first-order valence-corrected chi connectivity index (χ1v) is 7.21. The average Bonchev–Trinajstić information content (AvgIpc) is 2.53. The molecule has 0 spiro atoms. The summed E-state index contributed by atoms with van der Waals surface area (Å²) in [5, 5.41) is 40.9. The smallest absolute Gasteiger partial charge is 0.221 e. The molecule has 1 saturated heterocycles. The fourth-order valence-corrected chi connectivity index (χ4v) is 2.27. The number of ether oxygens (including phenoxy) is 2. The summed E-state index contributed by atoms with van der Waals surface area (Å²) in [5.74, 6) is -0.171. The van der Waals surface area contributed by atoms with Crippen LogP contribution in [0.2, 0.25) is 0 Å². The number of hydrogen-bond acceptors (Lipinski definition) is 7. The molecule has 1 fully saturated rings. The maximum atomic E-state index is 10.9. The zero-order chi connectivity index (χ0) is 17.0. The van der Waals surface area contributed by atoms with Crippen LogP contribution in [0, 0.1) is 0 Å². The molecule has 5 N–H and O–H groups in total. The minimum absolute atomic E-state index is 0.0864. The van der Waals surface area contributed by atoms with Gasteiger partial charge in [0.15, 0.2) is 6.29 Å². The molecule has 2 rings (SSSR count). The van der Waals surface area contributed by atoms with Crippen LogP contribution in [0.4, 0.5) is 5.69 Å². The summed E-state index contributed by atoms with van der Waals surface area (Å²) in [5.41, 5.74) is 1.41. The van der Waals surface area contributed by atoms with Crippen LogP contribution in [0.1, 0.15) is 12.5 Å². The first kappa shape index (κ1) is 17.8. The molecule has 0 radical (unpaired) electrons. The van der Waals surface area contributed by atoms with Crippen molar-refractivity contribution in [3.8, 4) is 0 Å². The minimum atomic E-state index is -1.46. The third-order valence-corrected chi connectivity index (χ3v) is 3.54. The molecule has 8 nitrogen and oxygen atoms in total. The maximum absolute atomic E-state index is 10.9. The van der Waals surface area contributed by atoms with Gasteiger partial charge in [0.25, 0.3) is 0 Å². The molecular weight excluding hydrogens is 306 g/mol. The summed E-state index contributed by atoms with van der Waals surface area (Å²) in [6.45, 7) is 0.995. The van der Waals surface area contributed by atoms with E-state index in [-0.39, 0.29) is 12.5 Å². The van der Waals surface area contributed by atoms with Crippen molar-refractivity contribution in [2.45, 2.75) is 44.2 Å². The number of amides is 1. The zero-order valence-electron chi connectivity index (χ0n) is 12.6. The van der Waals surface area contributed by atoms with Gasteiger partial charge in [-0.1, -0.05) is 12.1 Å². The Kier molecular flexibility index (Phi) is 6.05. The normalized spacial score (nSPS) is 30.9. The molecule has 0 unspecified atom stereocenters. The SMILES string of the molecule is CC(=O)Nc1ccc(CO[C@H]2O[C@H](CO)[C@@H](O)[C@H](O)[C@@H]2O)cc1. The second-order valence-electron chi connectivity index (χ2n) is 5.39. The fraction of sp³-hybridized carbons (Fsp3) is 0.533. The summed E-state index contributed by atoms with van der Waals surface area (Å²) < 4.78 is 10.7. The molecule has 1 aromatic rings. The van der Waals surface area contributed by atoms with Crippen molar-refractivity contribution in [1.29, 1.82) is 0 Å². The Hall–Kier alpha value is -1.55. The lowest BCUT2D eigenvalue weighted by Gasteiger charge is -2.39. The van der Waals surface area contributed by atoms with Crippen LogP contribution in [0.25, 0.3) is 0 Å². The highest BCUT2D eigenvalue weighted by molar-refractivity contribution is 5.88. The lowest BCUT2D eigenvalue weighted by atomic mass is 9.99. The van der Waals surface area contributed by atoms with E-state index in [1.807, 2.05) is 0 Å². The molecule has 0 saturated carbocycles. The first-order chi connectivity index (χ1) is 10.9. The van der Waals surface area contributed by atoms with Crippen LogP contribution >= 0.6 is 0 Å². The summed E-state index contributed by atoms with van der Waals surface area (Å²) in [6, 6.07) is 6.87. The number of anilines is 1. The van der Waals surface area contributed by atoms with E-state index in [1.165, 1.54) is 6.92 Å². The van der Waals surface area contributed by atoms with Gasteiger partial charge in [0.1, 0.15) is 24.4 Å². The standard InChI is InChI=1S/C15H21NO7/c1-8(18)16-10-4-2-9(3-5-10)7-22-15-14(21)13(20)12(19)11(6-17)23-15/h2-5,11-15,17,19-21H,6-7H2,1H3,(H,16,18)/t11-,12-,13+,14+,15+/m1/s1. The van der Waals surface area contributed by atoms with Gasteiger partial charge in [0, 0.05) is 12.6 Å². The van der Waals surface area contributed by atoms with Gasteiger partial charge in [0.2, 0.25) is 5.91 Å². The average molecular weight is 327 g/mol. The molecule has 0 aliphatic carbocycles. The largest absolute Gasteiger partial charge is 0.394 e. The predicted molar refractivity (Wildman–Crippen MR) is 79.3 cm³/mol. The number of aliphatic hydroxyl groups excluding tert-OH is 4. The Bertz CT molecular complexity index is 519. The van der Waals surface area contributed by atoms with Crippen molar-refractivity contribution >= 4 is 11.6 Å². The Morgan fingerprint density at radius 2 is 1.83 bits per heavy atom. The van der Waals surface area contributed by atoms with Gasteiger partial charge in [-0.3, -0.25) is 4.79 Å². The van der Waals surface area contributed by atoms with E-state index in [0.29, 0.717) is 5.69 Å². The molecule has 128 valence electrons. The summed E-state index contributed by atoms with van der Waals surface area (Å²) >= 11 is 0. The molecule has 0 bridgehead atoms. The van der Waals surface area contributed by atoms with Crippen LogP contribution < -0.4 is 5.32 Å². The van der Waals surface area contributed by atoms with Crippen LogP contribution in [0.15, 0.2) is 24.3 Å². The molecule has 1 aromatic carbocycles. The monoisotopic (exact) mass is 327 g/mol. The number of nitrogens with one attached hydrogen (secondary N) is 1. The van der Waals surface area contributed by atoms with Gasteiger partial charge < -0.3 is 35.2 Å². The molecule has 1 aliphatic heterocycles. The molecule has 1 heterocycles. The van der Waals surface area contributed by atoms with Crippen molar-refractivity contribution in [1.82, 2.24) is 0 Å². The van der Waals surface area contributed by atoms with E-state index in [0.717, 1.165) is 5.56 Å². The highest BCUT2D eigenvalue weighted by Crippen LogP contribution is 2.23. The Morgan fingerprint density at radius 3 is 2.39 bits per heavy atom. The van der Waals surface area contributed by atoms with E-state index in [1.54, 1.807) is 24.3 Å². The zero-order valence-corrected chi connectivity index (χ0v) is 12.6. The van der Waals surface area contributed by atoms with E-state index >= 15 is 0 Å². The second kappa shape index (κ2) is 7.82. The number of hydrogen-bond donors (Lipinski definition) is 5. The van der Waals surface area contributed by atoms with Crippen molar-refractivity contribution in [2.24, 2.45) is 0 Å². The van der Waals surface area contributed by atoms with E-state index in [9.17, 15) is 20.1 Å². The van der Waals surface area contributed by atoms with Crippen LogP contribution in [-0.4, -0.2) is 63.6 Å². The summed E-state index contributed by atoms with van der Waals surface area (Å²) in [4.78, 5) is 10.9. The molecule has 8 heteroatoms. The topological polar surface area (TPSA) is 128 Å². The maximum Gasteiger partial charge on any atom is 0.221 e. The van der Waals surface area contributed by atoms with Gasteiger partial charge in [-0.15, -0.1) is 0 Å². The number of aliphatic hydroxyl groups is 4. The Balaban J connectivity index is 1.93. The van der Waals surface area contributed by atoms with Crippen molar-refractivity contribution in [3.63, 3.8) is 0 Å². The first-order valence-electron chi connectivity index (χ1n) is 7.21. The fourth-order valence-electron chi connectivity index (χ4n) is 2.27. The molecule has 0 aromatic heterocycles. The number of carbonyl (C=O) groups is 1. The third kappa shape index (κ3) is 4.47. The highest BCUT2D eigenvalue weighted by Gasteiger charge is 2.43. The van der Waals surface area contributed by atoms with Crippen molar-refractivity contribution in [3.05, 3.63) is 29.8 Å². The number of rotatable bonds is 5. The Morgan fingerprint density at radius 1 is 1.17 bits per heavy atom. The van der Waals surface area contributed by atoms with E-state index < -0.39 is 37.3 Å². The lowest BCUT2D eigenvalue weighted by molar-refractivity contribution is -0.304. The molecule has 1 amide bonds. The van der Waals surface area contributed by atoms with Crippen LogP contribution in [-0.2, 0) is 20.9 Å². The number of carbonyl (C=O) groups excluding carboxylic acids is 1. The summed E-state index contributed by atoms with van der Waals surface area (Å²) in [6.07, 6.45) is -6.47. The third-order valence-electron chi connectivity index (χ3n) is 3.54. The van der Waals surface area contributed by atoms with Gasteiger partial charge in [-0.05, 0) is 17.7 Å². The molecule has 5 atom stereocenters.